The van der Waals surface area contributed by atoms with E-state index in [0.29, 0.717) is 30.4 Å². The van der Waals surface area contributed by atoms with Crippen LogP contribution in [0.25, 0.3) is 5.65 Å². The number of halogens is 3. The summed E-state index contributed by atoms with van der Waals surface area (Å²) >= 11 is 0. The normalized spacial score (nSPS) is 23.7. The number of ether oxygens (including phenoxy) is 3. The molecule has 5 rings (SSSR count). The van der Waals surface area contributed by atoms with Crippen molar-refractivity contribution in [1.82, 2.24) is 14.3 Å². The number of hydrogen-bond donors (Lipinski definition) is 1. The molecule has 1 N–H and O–H groups in total. The Morgan fingerprint density at radius 3 is 2.85 bits per heavy atom. The largest absolute Gasteiger partial charge is 0.497 e. The van der Waals surface area contributed by atoms with Gasteiger partial charge in [-0.05, 0) is 31.2 Å². The van der Waals surface area contributed by atoms with Crippen LogP contribution < -0.4 is 14.8 Å². The molecule has 7 nitrogen and oxygen atoms in total. The van der Waals surface area contributed by atoms with Gasteiger partial charge in [0.25, 0.3) is 0 Å². The summed E-state index contributed by atoms with van der Waals surface area (Å²) in [7, 11) is 1.59. The molecule has 0 unspecified atom stereocenters. The zero-order valence-electron chi connectivity index (χ0n) is 18.3. The topological polar surface area (TPSA) is 60.3 Å². The third-order valence-corrected chi connectivity index (χ3v) is 6.18. The van der Waals surface area contributed by atoms with Crippen molar-refractivity contribution >= 4 is 11.3 Å². The van der Waals surface area contributed by atoms with E-state index in [1.54, 1.807) is 25.4 Å². The van der Waals surface area contributed by atoms with E-state index in [2.05, 4.69) is 15.2 Å². The number of benzene rings is 1. The van der Waals surface area contributed by atoms with E-state index >= 15 is 0 Å². The lowest BCUT2D eigenvalue weighted by Crippen LogP contribution is -2.54. The van der Waals surface area contributed by atoms with Gasteiger partial charge in [0.2, 0.25) is 0 Å². The van der Waals surface area contributed by atoms with Gasteiger partial charge in [-0.3, -0.25) is 4.90 Å². The van der Waals surface area contributed by atoms with Crippen molar-refractivity contribution in [3.8, 4) is 11.5 Å². The van der Waals surface area contributed by atoms with E-state index in [1.165, 1.54) is 4.40 Å². The van der Waals surface area contributed by atoms with Gasteiger partial charge >= 0.3 is 6.18 Å². The predicted molar refractivity (Wildman–Crippen MR) is 116 cm³/mol. The molecule has 33 heavy (non-hydrogen) atoms. The van der Waals surface area contributed by atoms with Gasteiger partial charge in [0.15, 0.2) is 11.3 Å². The molecule has 0 radical (unpaired) electrons. The number of methoxy groups -OCH3 is 1. The second-order valence-corrected chi connectivity index (χ2v) is 8.36. The van der Waals surface area contributed by atoms with Crippen LogP contribution in [-0.4, -0.2) is 59.8 Å². The third-order valence-electron chi connectivity index (χ3n) is 6.18. The highest BCUT2D eigenvalue weighted by atomic mass is 19.4. The molecule has 1 aromatic carbocycles. The highest BCUT2D eigenvalue weighted by Crippen LogP contribution is 2.40. The van der Waals surface area contributed by atoms with E-state index < -0.39 is 11.9 Å². The number of fused-ring (bicyclic) bond motifs is 2. The Balaban J connectivity index is 1.55. The highest BCUT2D eigenvalue weighted by molar-refractivity contribution is 5.69. The number of rotatable bonds is 4. The molecule has 2 aliphatic rings. The predicted octanol–water partition coefficient (Wildman–Crippen LogP) is 4.00. The van der Waals surface area contributed by atoms with Crippen LogP contribution in [0.2, 0.25) is 0 Å². The summed E-state index contributed by atoms with van der Waals surface area (Å²) in [6, 6.07) is 8.81. The molecule has 3 atom stereocenters. The van der Waals surface area contributed by atoms with E-state index in [0.717, 1.165) is 24.8 Å². The molecule has 0 aliphatic carbocycles. The molecule has 3 aromatic rings. The Morgan fingerprint density at radius 1 is 1.24 bits per heavy atom. The minimum Gasteiger partial charge on any atom is -0.497 e. The Labute approximate surface area is 189 Å². The summed E-state index contributed by atoms with van der Waals surface area (Å²) in [5.74, 6) is 1.37. The van der Waals surface area contributed by atoms with Crippen LogP contribution in [0, 0.1) is 0 Å². The Kier molecular flexibility index (Phi) is 5.57. The molecule has 0 spiro atoms. The van der Waals surface area contributed by atoms with Crippen molar-refractivity contribution in [2.24, 2.45) is 0 Å². The first-order chi connectivity index (χ1) is 15.8. The van der Waals surface area contributed by atoms with Gasteiger partial charge in [0.05, 0.1) is 37.6 Å². The molecular weight excluding hydrogens is 437 g/mol. The Morgan fingerprint density at radius 2 is 2.09 bits per heavy atom. The van der Waals surface area contributed by atoms with Crippen LogP contribution in [0.1, 0.15) is 24.2 Å². The number of nitrogens with one attached hydrogen (secondary N) is 1. The van der Waals surface area contributed by atoms with Crippen LogP contribution in [-0.2, 0) is 10.9 Å². The fourth-order valence-electron chi connectivity index (χ4n) is 4.57. The number of pyridine rings is 1. The molecule has 176 valence electrons. The van der Waals surface area contributed by atoms with Crippen molar-refractivity contribution in [2.45, 2.75) is 31.3 Å². The summed E-state index contributed by atoms with van der Waals surface area (Å²) in [4.78, 5) is 6.18. The number of anilines is 1. The quantitative estimate of drug-likeness (QED) is 0.633. The van der Waals surface area contributed by atoms with Gasteiger partial charge in [0.1, 0.15) is 18.1 Å². The monoisotopic (exact) mass is 462 g/mol. The highest BCUT2D eigenvalue weighted by Gasteiger charge is 2.38. The second-order valence-electron chi connectivity index (χ2n) is 8.36. The molecular formula is C23H25F3N4O3. The number of aromatic nitrogens is 2. The smallest absolute Gasteiger partial charge is 0.434 e. The fraction of sp³-hybridized carbons (Fsp3) is 0.435. The average molecular weight is 462 g/mol. The minimum absolute atomic E-state index is 0.0467. The van der Waals surface area contributed by atoms with Crippen molar-refractivity contribution < 1.29 is 27.4 Å². The lowest BCUT2D eigenvalue weighted by molar-refractivity contribution is -0.140. The van der Waals surface area contributed by atoms with Crippen molar-refractivity contribution in [3.63, 3.8) is 0 Å². The van der Waals surface area contributed by atoms with Gasteiger partial charge in [0, 0.05) is 37.1 Å². The minimum atomic E-state index is -4.52. The number of imidazole rings is 1. The van der Waals surface area contributed by atoms with Crippen molar-refractivity contribution in [2.75, 3.05) is 38.7 Å². The Hall–Kier alpha value is -2.98. The van der Waals surface area contributed by atoms with Crippen LogP contribution in [0.4, 0.5) is 18.9 Å². The molecule has 0 bridgehead atoms. The second kappa shape index (κ2) is 8.42. The maximum absolute atomic E-state index is 13.3. The summed E-state index contributed by atoms with van der Waals surface area (Å²) in [5.41, 5.74) is 0.733. The van der Waals surface area contributed by atoms with Gasteiger partial charge in [-0.25, -0.2) is 4.98 Å². The van der Waals surface area contributed by atoms with Gasteiger partial charge in [-0.15, -0.1) is 0 Å². The van der Waals surface area contributed by atoms with Crippen molar-refractivity contribution in [3.05, 3.63) is 54.0 Å². The average Bonchev–Trinajstić information content (AvgIpc) is 3.25. The standard InChI is InChI=1S/C23H25F3N4O3/c1-14-11-29(8-9-32-14)18-13-33-19-10-15(31-2)5-6-16(19)21(18)27-17-4-3-7-30-12-20(23(24,25)26)28-22(17)30/h3-7,10,12,14,18,21,27H,8-9,11,13H2,1-2H3/t14-,18+,21+/m1/s1. The number of alkyl halides is 3. The molecule has 2 aliphatic heterocycles. The molecule has 1 fully saturated rings. The molecule has 10 heteroatoms. The third kappa shape index (κ3) is 4.20. The van der Waals surface area contributed by atoms with Crippen molar-refractivity contribution in [1.29, 1.82) is 0 Å². The number of morpholine rings is 1. The van der Waals surface area contributed by atoms with Crippen LogP contribution in [0.3, 0.4) is 0 Å². The zero-order chi connectivity index (χ0) is 23.2. The molecule has 1 saturated heterocycles. The van der Waals surface area contributed by atoms with E-state index in [9.17, 15) is 13.2 Å². The van der Waals surface area contributed by atoms with Crippen LogP contribution >= 0.6 is 0 Å². The lowest BCUT2D eigenvalue weighted by Gasteiger charge is -2.44. The molecule has 4 heterocycles. The summed E-state index contributed by atoms with van der Waals surface area (Å²) in [6.45, 7) is 4.55. The summed E-state index contributed by atoms with van der Waals surface area (Å²) < 4.78 is 58.4. The van der Waals surface area contributed by atoms with Crippen LogP contribution in [0.15, 0.2) is 42.7 Å². The Bertz CT molecular complexity index is 1150. The fourth-order valence-corrected chi connectivity index (χ4v) is 4.57. The zero-order valence-corrected chi connectivity index (χ0v) is 18.3. The van der Waals surface area contributed by atoms with Crippen LogP contribution in [0.5, 0.6) is 11.5 Å². The summed E-state index contributed by atoms with van der Waals surface area (Å²) in [5, 5.41) is 3.49. The van der Waals surface area contributed by atoms with E-state index in [1.807, 2.05) is 25.1 Å². The van der Waals surface area contributed by atoms with E-state index in [-0.39, 0.29) is 23.8 Å². The molecule has 2 aromatic heterocycles. The first-order valence-electron chi connectivity index (χ1n) is 10.8. The first kappa shape index (κ1) is 21.8. The maximum Gasteiger partial charge on any atom is 0.434 e. The van der Waals surface area contributed by atoms with Gasteiger partial charge < -0.3 is 23.9 Å². The summed E-state index contributed by atoms with van der Waals surface area (Å²) in [6.07, 6.45) is -1.86. The first-order valence-corrected chi connectivity index (χ1v) is 10.8. The van der Waals surface area contributed by atoms with E-state index in [4.69, 9.17) is 14.2 Å². The lowest BCUT2D eigenvalue weighted by atomic mass is 9.94. The van der Waals surface area contributed by atoms with Gasteiger partial charge in [-0.2, -0.15) is 13.2 Å². The SMILES string of the molecule is COc1ccc2c(c1)OC[C@H](N1CCO[C@H](C)C1)[C@H]2Nc1cccn2cc(C(F)(F)F)nc12. The molecule has 0 amide bonds. The number of hydrogen-bond acceptors (Lipinski definition) is 6. The molecule has 0 saturated carbocycles. The maximum atomic E-state index is 13.3. The van der Waals surface area contributed by atoms with Gasteiger partial charge in [-0.1, -0.05) is 0 Å². The number of nitrogens with zero attached hydrogens (tertiary/aromatic N) is 3.